The summed E-state index contributed by atoms with van der Waals surface area (Å²) < 4.78 is 14.2. The Labute approximate surface area is 162 Å². The van der Waals surface area contributed by atoms with Gasteiger partial charge in [0.05, 0.1) is 66.3 Å². The van der Waals surface area contributed by atoms with E-state index in [4.69, 9.17) is 16.9 Å². The van der Waals surface area contributed by atoms with Crippen LogP contribution in [0.25, 0.3) is 0 Å². The summed E-state index contributed by atoms with van der Waals surface area (Å²) in [5.74, 6) is -1.30. The molecular formula is C20H21ClFN4O+. The molecule has 0 radical (unpaired) electrons. The van der Waals surface area contributed by atoms with E-state index in [1.54, 1.807) is 18.2 Å². The molecule has 5 nitrogen and oxygen atoms in total. The first-order valence-electron chi connectivity index (χ1n) is 8.91. The summed E-state index contributed by atoms with van der Waals surface area (Å²) in [5, 5.41) is 12.2. The molecule has 1 fully saturated rings. The lowest BCUT2D eigenvalue weighted by Crippen LogP contribution is -3.14. The molecule has 0 spiro atoms. The van der Waals surface area contributed by atoms with Gasteiger partial charge in [-0.3, -0.25) is 4.79 Å². The van der Waals surface area contributed by atoms with E-state index in [1.165, 1.54) is 17.0 Å². The maximum absolute atomic E-state index is 14.2. The van der Waals surface area contributed by atoms with Crippen LogP contribution in [0.1, 0.15) is 22.8 Å². The molecule has 7 heteroatoms. The number of quaternary nitrogens is 1. The van der Waals surface area contributed by atoms with E-state index in [9.17, 15) is 9.18 Å². The predicted molar refractivity (Wildman–Crippen MR) is 104 cm³/mol. The van der Waals surface area contributed by atoms with E-state index < -0.39 is 11.7 Å². The fourth-order valence-corrected chi connectivity index (χ4v) is 3.59. The minimum absolute atomic E-state index is 0.111. The van der Waals surface area contributed by atoms with E-state index in [-0.39, 0.29) is 11.1 Å². The van der Waals surface area contributed by atoms with Crippen molar-refractivity contribution < 1.29 is 14.1 Å². The van der Waals surface area contributed by atoms with Gasteiger partial charge in [-0.1, -0.05) is 17.7 Å². The van der Waals surface area contributed by atoms with E-state index in [1.807, 2.05) is 6.07 Å². The molecule has 1 aliphatic heterocycles. The highest BCUT2D eigenvalue weighted by molar-refractivity contribution is 6.34. The van der Waals surface area contributed by atoms with Gasteiger partial charge in [0.2, 0.25) is 0 Å². The summed E-state index contributed by atoms with van der Waals surface area (Å²) in [6.07, 6.45) is 0. The molecule has 0 unspecified atom stereocenters. The average Bonchev–Trinajstić information content (AvgIpc) is 2.68. The number of amides is 1. The monoisotopic (exact) mass is 387 g/mol. The zero-order chi connectivity index (χ0) is 19.4. The second-order valence-corrected chi connectivity index (χ2v) is 6.89. The average molecular weight is 388 g/mol. The molecule has 1 aliphatic rings. The highest BCUT2D eigenvalue weighted by atomic mass is 35.5. The molecule has 1 saturated heterocycles. The fourth-order valence-electron chi connectivity index (χ4n) is 3.30. The first-order chi connectivity index (χ1) is 13.0. The molecule has 2 aromatic rings. The molecule has 2 N–H and O–H groups in total. The Morgan fingerprint density at radius 2 is 2.07 bits per heavy atom. The Kier molecular flexibility index (Phi) is 5.94. The smallest absolute Gasteiger partial charge is 0.258 e. The molecule has 0 saturated carbocycles. The van der Waals surface area contributed by atoms with Gasteiger partial charge >= 0.3 is 0 Å². The van der Waals surface area contributed by atoms with Crippen molar-refractivity contribution >= 4 is 28.9 Å². The van der Waals surface area contributed by atoms with E-state index in [0.29, 0.717) is 10.7 Å². The van der Waals surface area contributed by atoms with Gasteiger partial charge in [-0.25, -0.2) is 4.39 Å². The Balaban J connectivity index is 1.84. The first kappa shape index (κ1) is 19.2. The quantitative estimate of drug-likeness (QED) is 0.846. The lowest BCUT2D eigenvalue weighted by Gasteiger charge is -2.34. The lowest BCUT2D eigenvalue weighted by molar-refractivity contribution is -0.898. The summed E-state index contributed by atoms with van der Waals surface area (Å²) in [6, 6.07) is 10.9. The van der Waals surface area contributed by atoms with Crippen LogP contribution in [-0.2, 0) is 0 Å². The predicted octanol–water partition coefficient (Wildman–Crippen LogP) is 2.33. The number of halogens is 2. The third-order valence-electron chi connectivity index (χ3n) is 4.86. The van der Waals surface area contributed by atoms with Gasteiger partial charge < -0.3 is 15.1 Å². The van der Waals surface area contributed by atoms with Crippen LogP contribution in [0.4, 0.5) is 15.8 Å². The zero-order valence-corrected chi connectivity index (χ0v) is 15.8. The van der Waals surface area contributed by atoms with Gasteiger partial charge in [-0.05, 0) is 37.3 Å². The molecule has 0 bridgehead atoms. The topological polar surface area (TPSA) is 60.6 Å². The maximum atomic E-state index is 14.2. The van der Waals surface area contributed by atoms with Crippen LogP contribution in [0.15, 0.2) is 36.4 Å². The number of carbonyl (C=O) groups excluding carboxylic acids is 1. The second-order valence-electron chi connectivity index (χ2n) is 6.49. The fraction of sp³-hybridized carbons (Fsp3) is 0.300. The molecular weight excluding hydrogens is 367 g/mol. The van der Waals surface area contributed by atoms with Crippen molar-refractivity contribution in [3.8, 4) is 6.07 Å². The minimum Gasteiger partial charge on any atom is -0.357 e. The molecule has 2 aromatic carbocycles. The number of hydrogen-bond donors (Lipinski definition) is 2. The summed E-state index contributed by atoms with van der Waals surface area (Å²) in [6.45, 7) is 6.91. The van der Waals surface area contributed by atoms with Crippen LogP contribution < -0.4 is 15.1 Å². The normalized spacial score (nSPS) is 14.7. The van der Waals surface area contributed by atoms with Crippen molar-refractivity contribution in [3.05, 3.63) is 58.4 Å². The van der Waals surface area contributed by atoms with E-state index in [2.05, 4.69) is 17.1 Å². The van der Waals surface area contributed by atoms with Gasteiger partial charge in [0.15, 0.2) is 0 Å². The van der Waals surface area contributed by atoms with Gasteiger partial charge in [-0.2, -0.15) is 5.26 Å². The van der Waals surface area contributed by atoms with Crippen molar-refractivity contribution in [1.29, 1.82) is 5.26 Å². The largest absolute Gasteiger partial charge is 0.357 e. The first-order valence-corrected chi connectivity index (χ1v) is 9.29. The minimum atomic E-state index is -0.727. The Morgan fingerprint density at radius 1 is 1.33 bits per heavy atom. The molecule has 0 aromatic heterocycles. The number of nitriles is 1. The maximum Gasteiger partial charge on any atom is 0.258 e. The molecule has 140 valence electrons. The van der Waals surface area contributed by atoms with Gasteiger partial charge in [0.1, 0.15) is 5.82 Å². The standard InChI is InChI=1S/C20H20ClFN4O/c1-2-25-8-10-26(11-9-25)19-16(21)4-3-5-18(19)24-20(27)15-7-6-14(13-23)12-17(15)22/h3-7,12H,2,8-11H2,1H3,(H,24,27)/p+1. The lowest BCUT2D eigenvalue weighted by atomic mass is 10.1. The molecule has 1 heterocycles. The highest BCUT2D eigenvalue weighted by Gasteiger charge is 2.24. The number of anilines is 2. The molecule has 1 amide bonds. The van der Waals surface area contributed by atoms with E-state index in [0.717, 1.165) is 44.5 Å². The Bertz CT molecular complexity index is 888. The van der Waals surface area contributed by atoms with Crippen LogP contribution in [0.3, 0.4) is 0 Å². The van der Waals surface area contributed by atoms with E-state index >= 15 is 0 Å². The Morgan fingerprint density at radius 3 is 2.70 bits per heavy atom. The van der Waals surface area contributed by atoms with Gasteiger partial charge in [0.25, 0.3) is 5.91 Å². The van der Waals surface area contributed by atoms with Crippen molar-refractivity contribution in [2.45, 2.75) is 6.92 Å². The van der Waals surface area contributed by atoms with Crippen LogP contribution in [0, 0.1) is 17.1 Å². The Hall–Kier alpha value is -2.62. The van der Waals surface area contributed by atoms with Crippen molar-refractivity contribution in [2.24, 2.45) is 0 Å². The van der Waals surface area contributed by atoms with Crippen molar-refractivity contribution in [2.75, 3.05) is 42.9 Å². The van der Waals surface area contributed by atoms with Crippen LogP contribution in [-0.4, -0.2) is 38.6 Å². The summed E-state index contributed by atoms with van der Waals surface area (Å²) in [5.41, 5.74) is 1.37. The number of rotatable bonds is 4. The SMILES string of the molecule is CC[NH+]1CCN(c2c(Cl)cccc2NC(=O)c2ccc(C#N)cc2F)CC1. The third kappa shape index (κ3) is 4.21. The van der Waals surface area contributed by atoms with Crippen LogP contribution in [0.5, 0.6) is 0 Å². The number of nitrogens with zero attached hydrogens (tertiary/aromatic N) is 2. The molecule has 0 atom stereocenters. The summed E-state index contributed by atoms with van der Waals surface area (Å²) in [7, 11) is 0. The second kappa shape index (κ2) is 8.38. The van der Waals surface area contributed by atoms with Gasteiger partial charge in [-0.15, -0.1) is 0 Å². The summed E-state index contributed by atoms with van der Waals surface area (Å²) >= 11 is 6.42. The number of likely N-dealkylation sites (N-methyl/N-ethyl adjacent to an activating group) is 1. The van der Waals surface area contributed by atoms with Crippen LogP contribution >= 0.6 is 11.6 Å². The van der Waals surface area contributed by atoms with Gasteiger partial charge in [0, 0.05) is 0 Å². The number of carbonyl (C=O) groups is 1. The number of para-hydroxylation sites is 1. The molecule has 27 heavy (non-hydrogen) atoms. The highest BCUT2D eigenvalue weighted by Crippen LogP contribution is 2.34. The number of hydrogen-bond acceptors (Lipinski definition) is 3. The number of nitrogens with one attached hydrogen (secondary N) is 2. The van der Waals surface area contributed by atoms with Crippen molar-refractivity contribution in [1.82, 2.24) is 0 Å². The number of benzene rings is 2. The molecule has 0 aliphatic carbocycles. The van der Waals surface area contributed by atoms with Crippen LogP contribution in [0.2, 0.25) is 5.02 Å². The zero-order valence-electron chi connectivity index (χ0n) is 15.1. The number of piperazine rings is 1. The van der Waals surface area contributed by atoms with Crippen molar-refractivity contribution in [3.63, 3.8) is 0 Å². The third-order valence-corrected chi connectivity index (χ3v) is 5.17. The molecule has 3 rings (SSSR count). The summed E-state index contributed by atoms with van der Waals surface area (Å²) in [4.78, 5) is 16.3.